The largest absolute Gasteiger partial charge is 0.474 e. The van der Waals surface area contributed by atoms with E-state index in [0.717, 1.165) is 26.1 Å². The molecular weight excluding hydrogens is 206 g/mol. The van der Waals surface area contributed by atoms with E-state index in [1.807, 2.05) is 0 Å². The fraction of sp³-hybridized carbons (Fsp3) is 0.500. The first-order valence-electron chi connectivity index (χ1n) is 5.47. The predicted molar refractivity (Wildman–Crippen MR) is 58.7 cm³/mol. The van der Waals surface area contributed by atoms with E-state index in [0.29, 0.717) is 11.4 Å². The average Bonchev–Trinajstić information content (AvgIpc) is 2.30. The van der Waals surface area contributed by atoms with Gasteiger partial charge in [-0.3, -0.25) is 4.79 Å². The van der Waals surface area contributed by atoms with E-state index in [-0.39, 0.29) is 11.9 Å². The van der Waals surface area contributed by atoms with Crippen LogP contribution in [0.3, 0.4) is 0 Å². The molecule has 2 rings (SSSR count). The van der Waals surface area contributed by atoms with Gasteiger partial charge in [-0.1, -0.05) is 0 Å². The van der Waals surface area contributed by atoms with Gasteiger partial charge in [-0.05, 0) is 13.0 Å². The lowest BCUT2D eigenvalue weighted by atomic mass is 10.1. The Morgan fingerprint density at radius 1 is 1.50 bits per heavy atom. The van der Waals surface area contributed by atoms with Gasteiger partial charge in [0.05, 0.1) is 13.2 Å². The van der Waals surface area contributed by atoms with Crippen LogP contribution in [0.1, 0.15) is 30.1 Å². The molecule has 4 nitrogen and oxygen atoms in total. The van der Waals surface area contributed by atoms with E-state index in [2.05, 4.69) is 4.98 Å². The molecule has 0 saturated carbocycles. The highest BCUT2D eigenvalue weighted by molar-refractivity contribution is 5.94. The van der Waals surface area contributed by atoms with Gasteiger partial charge in [0.2, 0.25) is 5.88 Å². The van der Waals surface area contributed by atoms with Crippen molar-refractivity contribution in [2.24, 2.45) is 0 Å². The molecule has 2 heterocycles. The fourth-order valence-electron chi connectivity index (χ4n) is 1.66. The topological polar surface area (TPSA) is 48.4 Å². The lowest BCUT2D eigenvalue weighted by molar-refractivity contribution is 0.0237. The molecule has 0 radical (unpaired) electrons. The van der Waals surface area contributed by atoms with Crippen LogP contribution in [0.4, 0.5) is 0 Å². The van der Waals surface area contributed by atoms with Gasteiger partial charge >= 0.3 is 0 Å². The number of ether oxygens (including phenoxy) is 2. The van der Waals surface area contributed by atoms with Gasteiger partial charge in [0.15, 0.2) is 5.78 Å². The molecule has 86 valence electrons. The summed E-state index contributed by atoms with van der Waals surface area (Å²) in [6, 6.07) is 3.39. The summed E-state index contributed by atoms with van der Waals surface area (Å²) in [6.45, 7) is 3.00. The Kier molecular flexibility index (Phi) is 3.51. The van der Waals surface area contributed by atoms with Crippen LogP contribution in [0.5, 0.6) is 5.88 Å². The summed E-state index contributed by atoms with van der Waals surface area (Å²) in [5.41, 5.74) is 0.636. The summed E-state index contributed by atoms with van der Waals surface area (Å²) in [5, 5.41) is 0. The molecule has 4 heteroatoms. The zero-order chi connectivity index (χ0) is 11.4. The van der Waals surface area contributed by atoms with Crippen LogP contribution in [-0.4, -0.2) is 30.1 Å². The van der Waals surface area contributed by atoms with E-state index < -0.39 is 0 Å². The van der Waals surface area contributed by atoms with Gasteiger partial charge < -0.3 is 9.47 Å². The number of rotatable bonds is 3. The summed E-state index contributed by atoms with van der Waals surface area (Å²) in [6.07, 6.45) is 3.52. The lowest BCUT2D eigenvalue weighted by Gasteiger charge is -2.22. The van der Waals surface area contributed by atoms with Crippen LogP contribution in [0.25, 0.3) is 0 Å². The van der Waals surface area contributed by atoms with Gasteiger partial charge in [0.1, 0.15) is 6.10 Å². The number of pyridine rings is 1. The second kappa shape index (κ2) is 5.07. The molecule has 1 saturated heterocycles. The summed E-state index contributed by atoms with van der Waals surface area (Å²) < 4.78 is 10.9. The average molecular weight is 221 g/mol. The Labute approximate surface area is 94.6 Å². The van der Waals surface area contributed by atoms with Gasteiger partial charge in [0, 0.05) is 30.7 Å². The Hall–Kier alpha value is -1.42. The molecule has 0 bridgehead atoms. The van der Waals surface area contributed by atoms with Crippen LogP contribution in [0.2, 0.25) is 0 Å². The highest BCUT2D eigenvalue weighted by atomic mass is 16.5. The normalized spacial score (nSPS) is 17.1. The van der Waals surface area contributed by atoms with Crippen molar-refractivity contribution in [3.63, 3.8) is 0 Å². The molecule has 1 aliphatic rings. The SMILES string of the molecule is CC(=O)c1ccnc(OC2CCOCC2)c1. The Balaban J connectivity index is 2.02. The predicted octanol–water partition coefficient (Wildman–Crippen LogP) is 1.84. The highest BCUT2D eigenvalue weighted by Gasteiger charge is 2.16. The molecule has 1 aliphatic heterocycles. The van der Waals surface area contributed by atoms with Crippen LogP contribution in [0, 0.1) is 0 Å². The van der Waals surface area contributed by atoms with Crippen molar-refractivity contribution in [1.29, 1.82) is 0 Å². The van der Waals surface area contributed by atoms with Crippen LogP contribution < -0.4 is 4.74 Å². The molecule has 1 fully saturated rings. The highest BCUT2D eigenvalue weighted by Crippen LogP contribution is 2.16. The molecule has 0 unspecified atom stereocenters. The van der Waals surface area contributed by atoms with E-state index in [1.54, 1.807) is 18.3 Å². The minimum absolute atomic E-state index is 0.0271. The number of carbonyl (C=O) groups is 1. The first-order valence-corrected chi connectivity index (χ1v) is 5.47. The van der Waals surface area contributed by atoms with Crippen molar-refractivity contribution in [2.75, 3.05) is 13.2 Å². The van der Waals surface area contributed by atoms with Crippen molar-refractivity contribution >= 4 is 5.78 Å². The van der Waals surface area contributed by atoms with E-state index >= 15 is 0 Å². The molecular formula is C12H15NO3. The van der Waals surface area contributed by atoms with Crippen molar-refractivity contribution in [1.82, 2.24) is 4.98 Å². The Morgan fingerprint density at radius 3 is 2.94 bits per heavy atom. The second-order valence-electron chi connectivity index (χ2n) is 3.87. The minimum atomic E-state index is 0.0271. The molecule has 16 heavy (non-hydrogen) atoms. The van der Waals surface area contributed by atoms with Gasteiger partial charge in [0.25, 0.3) is 0 Å². The number of Topliss-reactive ketones (excluding diaryl/α,β-unsaturated/α-hetero) is 1. The monoisotopic (exact) mass is 221 g/mol. The number of ketones is 1. The molecule has 0 N–H and O–H groups in total. The molecule has 0 aliphatic carbocycles. The van der Waals surface area contributed by atoms with Crippen LogP contribution in [-0.2, 0) is 4.74 Å². The number of nitrogens with zero attached hydrogens (tertiary/aromatic N) is 1. The summed E-state index contributed by atoms with van der Waals surface area (Å²) >= 11 is 0. The maximum Gasteiger partial charge on any atom is 0.214 e. The summed E-state index contributed by atoms with van der Waals surface area (Å²) in [4.78, 5) is 15.3. The number of hydrogen-bond acceptors (Lipinski definition) is 4. The maximum atomic E-state index is 11.2. The first-order chi connectivity index (χ1) is 7.75. The summed E-state index contributed by atoms with van der Waals surface area (Å²) in [7, 11) is 0. The van der Waals surface area contributed by atoms with E-state index in [1.165, 1.54) is 6.92 Å². The maximum absolute atomic E-state index is 11.2. The lowest BCUT2D eigenvalue weighted by Crippen LogP contribution is -2.26. The zero-order valence-electron chi connectivity index (χ0n) is 9.31. The third-order valence-corrected chi connectivity index (χ3v) is 2.60. The van der Waals surface area contributed by atoms with E-state index in [9.17, 15) is 4.79 Å². The standard InChI is InChI=1S/C12H15NO3/c1-9(14)10-2-5-13-12(8-10)16-11-3-6-15-7-4-11/h2,5,8,11H,3-4,6-7H2,1H3. The van der Waals surface area contributed by atoms with Crippen molar-refractivity contribution in [3.05, 3.63) is 23.9 Å². The quantitative estimate of drug-likeness (QED) is 0.731. The van der Waals surface area contributed by atoms with Gasteiger partial charge in [-0.2, -0.15) is 0 Å². The molecule has 0 amide bonds. The van der Waals surface area contributed by atoms with Crippen molar-refractivity contribution in [2.45, 2.75) is 25.9 Å². The Morgan fingerprint density at radius 2 is 2.25 bits per heavy atom. The van der Waals surface area contributed by atoms with Crippen molar-refractivity contribution < 1.29 is 14.3 Å². The molecule has 1 aromatic rings. The minimum Gasteiger partial charge on any atom is -0.474 e. The number of aromatic nitrogens is 1. The molecule has 0 atom stereocenters. The first kappa shape index (κ1) is 11.1. The van der Waals surface area contributed by atoms with Gasteiger partial charge in [-0.15, -0.1) is 0 Å². The number of carbonyl (C=O) groups excluding carboxylic acids is 1. The second-order valence-corrected chi connectivity index (χ2v) is 3.87. The third-order valence-electron chi connectivity index (χ3n) is 2.60. The zero-order valence-corrected chi connectivity index (χ0v) is 9.31. The smallest absolute Gasteiger partial charge is 0.214 e. The molecule has 1 aromatic heterocycles. The number of hydrogen-bond donors (Lipinski definition) is 0. The Bertz CT molecular complexity index is 372. The summed E-state index contributed by atoms with van der Waals surface area (Å²) in [5.74, 6) is 0.554. The third kappa shape index (κ3) is 2.79. The van der Waals surface area contributed by atoms with Gasteiger partial charge in [-0.25, -0.2) is 4.98 Å². The fourth-order valence-corrected chi connectivity index (χ4v) is 1.66. The van der Waals surface area contributed by atoms with Crippen LogP contribution in [0.15, 0.2) is 18.3 Å². The van der Waals surface area contributed by atoms with Crippen LogP contribution >= 0.6 is 0 Å². The van der Waals surface area contributed by atoms with Crippen molar-refractivity contribution in [3.8, 4) is 5.88 Å². The molecule has 0 spiro atoms. The van der Waals surface area contributed by atoms with E-state index in [4.69, 9.17) is 9.47 Å². The molecule has 0 aromatic carbocycles.